The van der Waals surface area contributed by atoms with Crippen LogP contribution in [0.4, 0.5) is 8.78 Å². The molecule has 0 saturated carbocycles. The highest BCUT2D eigenvalue weighted by molar-refractivity contribution is 7.98. The Morgan fingerprint density at radius 2 is 1.78 bits per heavy atom. The molecule has 1 aromatic carbocycles. The molecule has 3 rings (SSSR count). The average Bonchev–Trinajstić information content (AvgIpc) is 3.07. The summed E-state index contributed by atoms with van der Waals surface area (Å²) in [6, 6.07) is 11.1. The maximum Gasteiger partial charge on any atom is 0.387 e. The summed E-state index contributed by atoms with van der Waals surface area (Å²) >= 11 is 1.31. The molecule has 0 radical (unpaired) electrons. The molecule has 0 fully saturated rings. The van der Waals surface area contributed by atoms with E-state index in [1.807, 2.05) is 11.5 Å². The van der Waals surface area contributed by atoms with Crippen molar-refractivity contribution in [2.24, 2.45) is 0 Å². The van der Waals surface area contributed by atoms with Gasteiger partial charge in [0.25, 0.3) is 0 Å². The summed E-state index contributed by atoms with van der Waals surface area (Å²) in [5, 5.41) is 0.523. The van der Waals surface area contributed by atoms with Gasteiger partial charge in [-0.05, 0) is 69.5 Å². The van der Waals surface area contributed by atoms with Crippen molar-refractivity contribution >= 4 is 23.5 Å². The number of thioether (sulfide) groups is 1. The Balaban J connectivity index is 1.81. The van der Waals surface area contributed by atoms with Crippen LogP contribution < -0.4 is 4.74 Å². The summed E-state index contributed by atoms with van der Waals surface area (Å²) in [4.78, 5) is 29.7. The van der Waals surface area contributed by atoms with Crippen LogP contribution in [0.1, 0.15) is 39.0 Å². The van der Waals surface area contributed by atoms with Gasteiger partial charge in [-0.15, -0.1) is 11.8 Å². The fourth-order valence-corrected chi connectivity index (χ4v) is 3.93. The van der Waals surface area contributed by atoms with Crippen LogP contribution in [0.5, 0.6) is 5.75 Å². The number of halogens is 2. The summed E-state index contributed by atoms with van der Waals surface area (Å²) in [6.07, 6.45) is 2.38. The first-order valence-electron chi connectivity index (χ1n) is 9.71. The van der Waals surface area contributed by atoms with Crippen LogP contribution in [0, 0.1) is 13.8 Å². The number of ketones is 1. The molecule has 1 atom stereocenters. The number of benzene rings is 1. The molecule has 0 amide bonds. The predicted octanol–water partition coefficient (Wildman–Crippen LogP) is 5.24. The van der Waals surface area contributed by atoms with Gasteiger partial charge in [0.15, 0.2) is 6.10 Å². The van der Waals surface area contributed by atoms with Gasteiger partial charge >= 0.3 is 12.6 Å². The molecule has 32 heavy (non-hydrogen) atoms. The van der Waals surface area contributed by atoms with E-state index in [0.29, 0.717) is 27.5 Å². The Kier molecular flexibility index (Phi) is 7.29. The Bertz CT molecular complexity index is 1130. The SMILES string of the molecule is CSc1ncccc1C(=O)OC(C)C(=O)c1cc(C)n(-c2ccc(OC(F)F)cc2)c1C. The second-order valence-corrected chi connectivity index (χ2v) is 7.76. The third kappa shape index (κ3) is 4.99. The minimum absolute atomic E-state index is 0.0445. The van der Waals surface area contributed by atoms with Gasteiger partial charge in [0.1, 0.15) is 10.8 Å². The largest absolute Gasteiger partial charge is 0.451 e. The van der Waals surface area contributed by atoms with Crippen LogP contribution in [-0.4, -0.2) is 40.3 Å². The number of carbonyl (C=O) groups is 2. The van der Waals surface area contributed by atoms with Crippen molar-refractivity contribution in [3.05, 3.63) is 71.2 Å². The molecule has 0 N–H and O–H groups in total. The van der Waals surface area contributed by atoms with E-state index in [0.717, 1.165) is 5.69 Å². The van der Waals surface area contributed by atoms with E-state index in [4.69, 9.17) is 4.74 Å². The Labute approximate surface area is 188 Å². The number of esters is 1. The molecule has 0 saturated heterocycles. The molecule has 0 aliphatic rings. The second-order valence-electron chi connectivity index (χ2n) is 6.96. The van der Waals surface area contributed by atoms with Crippen LogP contribution in [0.25, 0.3) is 5.69 Å². The van der Waals surface area contributed by atoms with Gasteiger partial charge in [-0.25, -0.2) is 9.78 Å². The zero-order valence-electron chi connectivity index (χ0n) is 18.0. The van der Waals surface area contributed by atoms with E-state index in [1.54, 1.807) is 49.7 Å². The molecule has 9 heteroatoms. The highest BCUT2D eigenvalue weighted by Crippen LogP contribution is 2.25. The lowest BCUT2D eigenvalue weighted by Gasteiger charge is -2.14. The molecule has 0 aliphatic carbocycles. The van der Waals surface area contributed by atoms with Crippen molar-refractivity contribution in [3.63, 3.8) is 0 Å². The van der Waals surface area contributed by atoms with Crippen LogP contribution in [0.15, 0.2) is 53.7 Å². The number of aromatic nitrogens is 2. The highest BCUT2D eigenvalue weighted by atomic mass is 32.2. The monoisotopic (exact) mass is 460 g/mol. The van der Waals surface area contributed by atoms with Gasteiger partial charge in [-0.2, -0.15) is 8.78 Å². The maximum atomic E-state index is 13.0. The van der Waals surface area contributed by atoms with Crippen LogP contribution in [-0.2, 0) is 4.74 Å². The highest BCUT2D eigenvalue weighted by Gasteiger charge is 2.26. The molecule has 6 nitrogen and oxygen atoms in total. The summed E-state index contributed by atoms with van der Waals surface area (Å²) in [7, 11) is 0. The van der Waals surface area contributed by atoms with Gasteiger partial charge in [-0.1, -0.05) is 0 Å². The third-order valence-electron chi connectivity index (χ3n) is 4.85. The zero-order chi connectivity index (χ0) is 23.4. The van der Waals surface area contributed by atoms with Crippen molar-refractivity contribution in [2.75, 3.05) is 6.26 Å². The smallest absolute Gasteiger partial charge is 0.387 e. The topological polar surface area (TPSA) is 70.4 Å². The van der Waals surface area contributed by atoms with Crippen molar-refractivity contribution < 1.29 is 27.8 Å². The summed E-state index contributed by atoms with van der Waals surface area (Å²) in [5.41, 5.74) is 2.81. The van der Waals surface area contributed by atoms with Crippen LogP contribution in [0.2, 0.25) is 0 Å². The number of hydrogen-bond acceptors (Lipinski definition) is 6. The van der Waals surface area contributed by atoms with Crippen LogP contribution in [0.3, 0.4) is 0 Å². The second kappa shape index (κ2) is 9.95. The lowest BCUT2D eigenvalue weighted by atomic mass is 10.1. The minimum atomic E-state index is -2.90. The molecule has 0 spiro atoms. The minimum Gasteiger partial charge on any atom is -0.451 e. The predicted molar refractivity (Wildman–Crippen MR) is 117 cm³/mol. The molecular weight excluding hydrogens is 438 g/mol. The molecule has 2 heterocycles. The third-order valence-corrected chi connectivity index (χ3v) is 5.57. The van der Waals surface area contributed by atoms with Gasteiger partial charge in [-0.3, -0.25) is 4.79 Å². The molecule has 168 valence electrons. The number of nitrogens with zero attached hydrogens (tertiary/aromatic N) is 2. The number of alkyl halides is 2. The summed E-state index contributed by atoms with van der Waals surface area (Å²) in [5.74, 6) is -0.917. The van der Waals surface area contributed by atoms with E-state index in [2.05, 4.69) is 9.72 Å². The average molecular weight is 461 g/mol. The van der Waals surface area contributed by atoms with Gasteiger partial charge in [0.05, 0.1) is 5.56 Å². The Morgan fingerprint density at radius 1 is 1.09 bits per heavy atom. The fraction of sp³-hybridized carbons (Fsp3) is 0.261. The number of Topliss-reactive ketones (excluding diaryl/α,β-unsaturated/α-hetero) is 1. The first-order valence-corrected chi connectivity index (χ1v) is 10.9. The fourth-order valence-electron chi connectivity index (χ4n) is 3.39. The lowest BCUT2D eigenvalue weighted by Crippen LogP contribution is -2.25. The Hall–Kier alpha value is -3.20. The number of pyridine rings is 1. The molecule has 3 aromatic rings. The van der Waals surface area contributed by atoms with Crippen molar-refractivity contribution in [3.8, 4) is 11.4 Å². The number of ether oxygens (including phenoxy) is 2. The summed E-state index contributed by atoms with van der Waals surface area (Å²) in [6.45, 7) is 2.22. The number of rotatable bonds is 8. The van der Waals surface area contributed by atoms with E-state index in [-0.39, 0.29) is 11.5 Å². The number of aryl methyl sites for hydroxylation is 1. The van der Waals surface area contributed by atoms with Crippen molar-refractivity contribution in [1.29, 1.82) is 0 Å². The normalized spacial score (nSPS) is 12.0. The van der Waals surface area contributed by atoms with Gasteiger partial charge in [0.2, 0.25) is 5.78 Å². The van der Waals surface area contributed by atoms with E-state index >= 15 is 0 Å². The summed E-state index contributed by atoms with van der Waals surface area (Å²) < 4.78 is 36.4. The van der Waals surface area contributed by atoms with E-state index in [1.165, 1.54) is 30.8 Å². The maximum absolute atomic E-state index is 13.0. The molecule has 1 unspecified atom stereocenters. The standard InChI is InChI=1S/C23H22F2N2O4S/c1-13-12-19(14(2)27(13)16-7-9-17(10-8-16)31-23(24)25)20(28)15(3)30-22(29)18-6-5-11-26-21(18)32-4/h5-12,15,23H,1-4H3. The molecule has 0 aliphatic heterocycles. The van der Waals surface area contributed by atoms with Crippen LogP contribution >= 0.6 is 11.8 Å². The van der Waals surface area contributed by atoms with Crippen molar-refractivity contribution in [1.82, 2.24) is 9.55 Å². The molecule has 0 bridgehead atoms. The van der Waals surface area contributed by atoms with E-state index in [9.17, 15) is 18.4 Å². The number of hydrogen-bond donors (Lipinski definition) is 0. The quantitative estimate of drug-likeness (QED) is 0.260. The number of carbonyl (C=O) groups excluding carboxylic acids is 2. The van der Waals surface area contributed by atoms with Gasteiger partial charge in [0, 0.05) is 28.8 Å². The Morgan fingerprint density at radius 3 is 2.41 bits per heavy atom. The zero-order valence-corrected chi connectivity index (χ0v) is 18.8. The molecule has 2 aromatic heterocycles. The first-order chi connectivity index (χ1) is 15.2. The van der Waals surface area contributed by atoms with Gasteiger partial charge < -0.3 is 14.0 Å². The molecular formula is C23H22F2N2O4S. The lowest BCUT2D eigenvalue weighted by molar-refractivity contribution is -0.0498. The van der Waals surface area contributed by atoms with Crippen molar-refractivity contribution in [2.45, 2.75) is 38.5 Å². The first kappa shape index (κ1) is 23.5. The van der Waals surface area contributed by atoms with E-state index < -0.39 is 18.7 Å².